The first-order valence-electron chi connectivity index (χ1n) is 8.89. The van der Waals surface area contributed by atoms with Crippen LogP contribution < -0.4 is 5.32 Å². The van der Waals surface area contributed by atoms with Crippen molar-refractivity contribution < 1.29 is 4.74 Å². The molecule has 0 amide bonds. The van der Waals surface area contributed by atoms with Gasteiger partial charge in [0.2, 0.25) is 0 Å². The van der Waals surface area contributed by atoms with E-state index in [2.05, 4.69) is 40.9 Å². The lowest BCUT2D eigenvalue weighted by Gasteiger charge is -2.34. The summed E-state index contributed by atoms with van der Waals surface area (Å²) in [5, 5.41) is 8.43. The lowest BCUT2D eigenvalue weighted by molar-refractivity contribution is 0.177. The molecule has 128 valence electrons. The zero-order chi connectivity index (χ0) is 16.4. The minimum absolute atomic E-state index is 0.502. The number of allylic oxidation sites excluding steroid dienone is 2. The van der Waals surface area contributed by atoms with Crippen LogP contribution in [0.25, 0.3) is 0 Å². The van der Waals surface area contributed by atoms with Crippen molar-refractivity contribution in [2.75, 3.05) is 7.11 Å². The third kappa shape index (κ3) is 3.83. The third-order valence-electron chi connectivity index (χ3n) is 5.57. The van der Waals surface area contributed by atoms with Crippen LogP contribution in [0, 0.1) is 5.92 Å². The molecule has 1 aromatic heterocycles. The van der Waals surface area contributed by atoms with Gasteiger partial charge >= 0.3 is 0 Å². The highest BCUT2D eigenvalue weighted by Gasteiger charge is 2.27. The Labute approximate surface area is 139 Å². The summed E-state index contributed by atoms with van der Waals surface area (Å²) in [5.41, 5.74) is 3.20. The van der Waals surface area contributed by atoms with Gasteiger partial charge in [0, 0.05) is 25.6 Å². The Kier molecular flexibility index (Phi) is 5.17. The van der Waals surface area contributed by atoms with E-state index in [0.29, 0.717) is 18.7 Å². The highest BCUT2D eigenvalue weighted by Crippen LogP contribution is 2.31. The van der Waals surface area contributed by atoms with E-state index in [1.165, 1.54) is 19.3 Å². The summed E-state index contributed by atoms with van der Waals surface area (Å²) >= 11 is 0. The molecule has 1 aromatic rings. The second-order valence-electron chi connectivity index (χ2n) is 7.31. The average Bonchev–Trinajstić information content (AvgIpc) is 2.92. The molecule has 23 heavy (non-hydrogen) atoms. The quantitative estimate of drug-likeness (QED) is 0.848. The number of methoxy groups -OCH3 is 1. The first-order valence-corrected chi connectivity index (χ1v) is 8.89. The Morgan fingerprint density at radius 3 is 2.83 bits per heavy atom. The zero-order valence-electron chi connectivity index (χ0n) is 14.9. The van der Waals surface area contributed by atoms with Crippen LogP contribution in [-0.4, -0.2) is 34.0 Å². The SMILES string of the molecule is COCc1nc2n(n1)C[C@H](N[C@@H](C)[C@H]1CCC(C)=C(C)C1)CC2. The van der Waals surface area contributed by atoms with Crippen LogP contribution in [-0.2, 0) is 24.3 Å². The van der Waals surface area contributed by atoms with Gasteiger partial charge in [0.05, 0.1) is 6.54 Å². The molecule has 0 unspecified atom stereocenters. The van der Waals surface area contributed by atoms with Crippen molar-refractivity contribution >= 4 is 0 Å². The molecule has 1 aliphatic heterocycles. The average molecular weight is 318 g/mol. The highest BCUT2D eigenvalue weighted by molar-refractivity contribution is 5.14. The van der Waals surface area contributed by atoms with E-state index in [4.69, 9.17) is 4.74 Å². The monoisotopic (exact) mass is 318 g/mol. The van der Waals surface area contributed by atoms with Gasteiger partial charge in [-0.25, -0.2) is 9.67 Å². The van der Waals surface area contributed by atoms with Crippen molar-refractivity contribution in [3.63, 3.8) is 0 Å². The molecule has 0 radical (unpaired) electrons. The predicted octanol–water partition coefficient (Wildman–Crippen LogP) is 2.85. The van der Waals surface area contributed by atoms with Crippen LogP contribution in [0.3, 0.4) is 0 Å². The van der Waals surface area contributed by atoms with Gasteiger partial charge in [-0.05, 0) is 52.4 Å². The normalized spacial score (nSPS) is 26.3. The third-order valence-corrected chi connectivity index (χ3v) is 5.57. The number of fused-ring (bicyclic) bond motifs is 1. The fourth-order valence-corrected chi connectivity index (χ4v) is 3.91. The fourth-order valence-electron chi connectivity index (χ4n) is 3.91. The van der Waals surface area contributed by atoms with Gasteiger partial charge < -0.3 is 10.1 Å². The Hall–Kier alpha value is -1.20. The van der Waals surface area contributed by atoms with Gasteiger partial charge in [0.15, 0.2) is 5.82 Å². The van der Waals surface area contributed by atoms with E-state index in [1.54, 1.807) is 18.3 Å². The number of hydrogen-bond acceptors (Lipinski definition) is 4. The molecular formula is C18H30N4O. The van der Waals surface area contributed by atoms with Crippen molar-refractivity contribution in [1.29, 1.82) is 0 Å². The van der Waals surface area contributed by atoms with Gasteiger partial charge in [-0.3, -0.25) is 0 Å². The molecule has 0 saturated carbocycles. The molecule has 2 aliphatic rings. The van der Waals surface area contributed by atoms with Gasteiger partial charge in [-0.1, -0.05) is 11.1 Å². The van der Waals surface area contributed by atoms with Crippen molar-refractivity contribution in [3.05, 3.63) is 22.8 Å². The Morgan fingerprint density at radius 2 is 2.09 bits per heavy atom. The molecule has 0 aromatic carbocycles. The number of nitrogens with one attached hydrogen (secondary N) is 1. The molecule has 0 fully saturated rings. The van der Waals surface area contributed by atoms with Crippen molar-refractivity contribution in [2.24, 2.45) is 5.92 Å². The van der Waals surface area contributed by atoms with Crippen molar-refractivity contribution in [3.8, 4) is 0 Å². The fraction of sp³-hybridized carbons (Fsp3) is 0.778. The summed E-state index contributed by atoms with van der Waals surface area (Å²) in [4.78, 5) is 4.56. The van der Waals surface area contributed by atoms with Gasteiger partial charge in [0.1, 0.15) is 12.4 Å². The van der Waals surface area contributed by atoms with Crippen LogP contribution in [0.15, 0.2) is 11.1 Å². The maximum absolute atomic E-state index is 5.14. The Morgan fingerprint density at radius 1 is 1.26 bits per heavy atom. The smallest absolute Gasteiger partial charge is 0.176 e. The lowest BCUT2D eigenvalue weighted by Crippen LogP contribution is -2.45. The zero-order valence-corrected chi connectivity index (χ0v) is 14.9. The maximum atomic E-state index is 5.14. The van der Waals surface area contributed by atoms with Crippen LogP contribution in [0.4, 0.5) is 0 Å². The summed E-state index contributed by atoms with van der Waals surface area (Å²) in [6.45, 7) is 8.37. The molecule has 3 atom stereocenters. The summed E-state index contributed by atoms with van der Waals surface area (Å²) in [7, 11) is 1.69. The van der Waals surface area contributed by atoms with Crippen LogP contribution >= 0.6 is 0 Å². The molecule has 0 bridgehead atoms. The number of aryl methyl sites for hydroxylation is 1. The minimum Gasteiger partial charge on any atom is -0.377 e. The molecule has 5 heteroatoms. The van der Waals surface area contributed by atoms with Gasteiger partial charge in [-0.2, -0.15) is 5.10 Å². The second kappa shape index (κ2) is 7.14. The van der Waals surface area contributed by atoms with Gasteiger partial charge in [0.25, 0.3) is 0 Å². The molecule has 3 rings (SSSR count). The minimum atomic E-state index is 0.502. The first-order chi connectivity index (χ1) is 11.1. The molecular weight excluding hydrogens is 288 g/mol. The Balaban J connectivity index is 1.57. The molecule has 5 nitrogen and oxygen atoms in total. The Bertz CT molecular complexity index is 578. The van der Waals surface area contributed by atoms with E-state index in [0.717, 1.165) is 37.0 Å². The van der Waals surface area contributed by atoms with E-state index >= 15 is 0 Å². The number of nitrogens with zero attached hydrogens (tertiary/aromatic N) is 3. The second-order valence-corrected chi connectivity index (χ2v) is 7.31. The topological polar surface area (TPSA) is 52.0 Å². The highest BCUT2D eigenvalue weighted by atomic mass is 16.5. The van der Waals surface area contributed by atoms with E-state index in [-0.39, 0.29) is 0 Å². The van der Waals surface area contributed by atoms with Crippen LogP contribution in [0.5, 0.6) is 0 Å². The lowest BCUT2D eigenvalue weighted by atomic mass is 9.81. The standard InChI is InChI=1S/C18H30N4O/c1-12-5-6-15(9-13(12)2)14(3)19-16-7-8-18-20-17(11-23-4)21-22(18)10-16/h14-16,19H,5-11H2,1-4H3/t14-,15-,16+/m0/s1. The predicted molar refractivity (Wildman–Crippen MR) is 91.2 cm³/mol. The molecule has 2 heterocycles. The van der Waals surface area contributed by atoms with E-state index in [1.807, 2.05) is 0 Å². The number of ether oxygens (including phenoxy) is 1. The summed E-state index contributed by atoms with van der Waals surface area (Å²) in [6, 6.07) is 1.06. The number of hydrogen-bond donors (Lipinski definition) is 1. The van der Waals surface area contributed by atoms with Crippen LogP contribution in [0.1, 0.15) is 58.1 Å². The van der Waals surface area contributed by atoms with Crippen molar-refractivity contribution in [1.82, 2.24) is 20.1 Å². The number of rotatable bonds is 5. The molecule has 0 spiro atoms. The molecule has 1 aliphatic carbocycles. The maximum Gasteiger partial charge on any atom is 0.176 e. The number of aromatic nitrogens is 3. The van der Waals surface area contributed by atoms with E-state index < -0.39 is 0 Å². The largest absolute Gasteiger partial charge is 0.377 e. The summed E-state index contributed by atoms with van der Waals surface area (Å²) < 4.78 is 7.20. The molecule has 1 N–H and O–H groups in total. The summed E-state index contributed by atoms with van der Waals surface area (Å²) in [6.07, 6.45) is 5.98. The van der Waals surface area contributed by atoms with Gasteiger partial charge in [-0.15, -0.1) is 0 Å². The van der Waals surface area contributed by atoms with Crippen molar-refractivity contribution in [2.45, 2.75) is 78.1 Å². The van der Waals surface area contributed by atoms with Crippen LogP contribution in [0.2, 0.25) is 0 Å². The van der Waals surface area contributed by atoms with E-state index in [9.17, 15) is 0 Å². The first kappa shape index (κ1) is 16.7. The molecule has 0 saturated heterocycles. The summed E-state index contributed by atoms with van der Waals surface area (Å²) in [5.74, 6) is 2.68.